The van der Waals surface area contributed by atoms with Crippen LogP contribution in [0.1, 0.15) is 22.2 Å². The molecule has 0 aromatic carbocycles. The molecule has 0 aliphatic rings. The van der Waals surface area contributed by atoms with Crippen molar-refractivity contribution in [3.8, 4) is 0 Å². The zero-order chi connectivity index (χ0) is 10.5. The third-order valence-corrected chi connectivity index (χ3v) is 2.56. The van der Waals surface area contributed by atoms with E-state index < -0.39 is 15.7 Å². The van der Waals surface area contributed by atoms with Crippen molar-refractivity contribution in [1.82, 2.24) is 5.32 Å². The van der Waals surface area contributed by atoms with Crippen LogP contribution in [-0.4, -0.2) is 30.8 Å². The molecule has 0 aromatic rings. The summed E-state index contributed by atoms with van der Waals surface area (Å²) in [6, 6.07) is 0. The second-order valence-corrected chi connectivity index (χ2v) is 5.01. The second-order valence-electron chi connectivity index (χ2n) is 3.56. The Morgan fingerprint density at radius 3 is 2.36 bits per heavy atom. The summed E-state index contributed by atoms with van der Waals surface area (Å²) in [6.07, 6.45) is 3.75. The van der Waals surface area contributed by atoms with Crippen molar-refractivity contribution >= 4 is 10.1 Å². The number of hydrogen-bond acceptors (Lipinski definition) is 3. The smallest absolute Gasteiger partial charge is 1.00 e. The van der Waals surface area contributed by atoms with E-state index in [9.17, 15) is 8.42 Å². The van der Waals surface area contributed by atoms with Crippen LogP contribution in [-0.2, 0) is 10.1 Å². The average Bonchev–Trinajstić information content (AvgIpc) is 1.81. The minimum atomic E-state index is -3.91. The topological polar surface area (TPSA) is 66.4 Å². The summed E-state index contributed by atoms with van der Waals surface area (Å²) < 4.78 is 29.8. The average molecular weight is 231 g/mol. The van der Waals surface area contributed by atoms with Crippen molar-refractivity contribution in [2.75, 3.05) is 12.3 Å². The monoisotopic (exact) mass is 231 g/mol. The zero-order valence-electron chi connectivity index (χ0n) is 10.2. The molecule has 0 amide bonds. The molecule has 0 rings (SSSR count). The maximum absolute atomic E-state index is 10.6. The van der Waals surface area contributed by atoms with E-state index in [0.29, 0.717) is 6.54 Å². The molecule has 0 aliphatic heterocycles. The van der Waals surface area contributed by atoms with Crippen molar-refractivity contribution in [3.05, 3.63) is 12.2 Å². The van der Waals surface area contributed by atoms with Gasteiger partial charge in [0.2, 0.25) is 0 Å². The Bertz CT molecular complexity index is 278. The van der Waals surface area contributed by atoms with Gasteiger partial charge in [-0.05, 0) is 20.8 Å². The molecule has 0 bridgehead atoms. The number of allylic oxidation sites excluding steroid dienone is 1. The van der Waals surface area contributed by atoms with Gasteiger partial charge >= 0.3 is 29.6 Å². The molecular formula is C8H18NNaO3S. The van der Waals surface area contributed by atoms with Crippen LogP contribution in [0.5, 0.6) is 0 Å². The van der Waals surface area contributed by atoms with Crippen LogP contribution in [0.15, 0.2) is 12.2 Å². The second kappa shape index (κ2) is 6.98. The van der Waals surface area contributed by atoms with Gasteiger partial charge in [0.1, 0.15) is 0 Å². The van der Waals surface area contributed by atoms with Crippen molar-refractivity contribution in [2.24, 2.45) is 0 Å². The molecule has 6 heteroatoms. The summed E-state index contributed by atoms with van der Waals surface area (Å²) in [6.45, 7) is 5.94. The molecule has 0 fully saturated rings. The summed E-state index contributed by atoms with van der Waals surface area (Å²) in [4.78, 5) is 0. The molecule has 4 nitrogen and oxygen atoms in total. The molecule has 0 aliphatic carbocycles. The molecule has 0 spiro atoms. The van der Waals surface area contributed by atoms with Crippen molar-refractivity contribution < 1.29 is 44.0 Å². The fourth-order valence-corrected chi connectivity index (χ4v) is 1.97. The Kier molecular flexibility index (Phi) is 8.48. The van der Waals surface area contributed by atoms with Crippen LogP contribution in [0, 0.1) is 0 Å². The van der Waals surface area contributed by atoms with Crippen molar-refractivity contribution in [3.63, 3.8) is 0 Å². The normalized spacial score (nSPS) is 12.9. The fraction of sp³-hybridized carbons (Fsp3) is 0.750. The zero-order valence-corrected chi connectivity index (χ0v) is 12.1. The van der Waals surface area contributed by atoms with E-state index in [1.54, 1.807) is 13.8 Å². The summed E-state index contributed by atoms with van der Waals surface area (Å²) >= 11 is 0. The summed E-state index contributed by atoms with van der Waals surface area (Å²) in [5.74, 6) is -0.280. The van der Waals surface area contributed by atoms with Gasteiger partial charge in [-0.1, -0.05) is 12.2 Å². The number of hydrogen-bond donors (Lipinski definition) is 2. The minimum absolute atomic E-state index is 0. The van der Waals surface area contributed by atoms with Gasteiger partial charge in [-0.25, -0.2) is 0 Å². The van der Waals surface area contributed by atoms with Crippen LogP contribution in [0.2, 0.25) is 0 Å². The van der Waals surface area contributed by atoms with Crippen LogP contribution >= 0.6 is 0 Å². The molecule has 0 saturated heterocycles. The van der Waals surface area contributed by atoms with Gasteiger partial charge in [0.25, 0.3) is 10.1 Å². The van der Waals surface area contributed by atoms with Gasteiger partial charge in [-0.3, -0.25) is 4.55 Å². The van der Waals surface area contributed by atoms with Gasteiger partial charge in [0.05, 0.1) is 5.75 Å². The molecule has 0 unspecified atom stereocenters. The molecular weight excluding hydrogens is 213 g/mol. The third-order valence-electron chi connectivity index (χ3n) is 1.48. The van der Waals surface area contributed by atoms with Crippen molar-refractivity contribution in [1.29, 1.82) is 0 Å². The Hall–Kier alpha value is 0.610. The van der Waals surface area contributed by atoms with E-state index in [0.717, 1.165) is 0 Å². The Morgan fingerprint density at radius 2 is 2.00 bits per heavy atom. The Labute approximate surface area is 110 Å². The third kappa shape index (κ3) is 10.7. The van der Waals surface area contributed by atoms with Gasteiger partial charge in [-0.2, -0.15) is 8.42 Å². The Morgan fingerprint density at radius 1 is 1.50 bits per heavy atom. The van der Waals surface area contributed by atoms with E-state index in [4.69, 9.17) is 4.55 Å². The predicted octanol–water partition coefficient (Wildman–Crippen LogP) is -2.06. The SMILES string of the molecule is C/C=C/CNC(C)(C)CS(=O)(=O)O.[H-].[Na+]. The van der Waals surface area contributed by atoms with Gasteiger partial charge in [0.15, 0.2) is 0 Å². The van der Waals surface area contributed by atoms with E-state index in [2.05, 4.69) is 5.32 Å². The van der Waals surface area contributed by atoms with Crippen LogP contribution in [0.4, 0.5) is 0 Å². The molecule has 2 N–H and O–H groups in total. The van der Waals surface area contributed by atoms with Gasteiger partial charge in [0, 0.05) is 12.1 Å². The Balaban J connectivity index is -0.000000720. The molecule has 0 heterocycles. The number of rotatable bonds is 5. The van der Waals surface area contributed by atoms with Crippen LogP contribution in [0.25, 0.3) is 0 Å². The largest absolute Gasteiger partial charge is 1.00 e. The van der Waals surface area contributed by atoms with Gasteiger partial charge in [-0.15, -0.1) is 0 Å². The van der Waals surface area contributed by atoms with Gasteiger partial charge < -0.3 is 6.74 Å². The first-order chi connectivity index (χ1) is 5.77. The first-order valence-corrected chi connectivity index (χ1v) is 5.69. The maximum atomic E-state index is 10.6. The maximum Gasteiger partial charge on any atom is 1.00 e. The molecule has 0 aromatic heterocycles. The standard InChI is InChI=1S/C8H17NO3S.Na.H/c1-4-5-6-9-8(2,3)7-13(10,11)12;;/h4-5,9H,6-7H2,1-3H3,(H,10,11,12);;/q;+1;-1/b5-4+;;. The summed E-state index contributed by atoms with van der Waals surface area (Å²) in [7, 11) is -3.91. The van der Waals surface area contributed by atoms with E-state index in [1.807, 2.05) is 19.1 Å². The van der Waals surface area contributed by atoms with E-state index in [1.165, 1.54) is 0 Å². The number of nitrogens with one attached hydrogen (secondary N) is 1. The predicted molar refractivity (Wildman–Crippen MR) is 54.4 cm³/mol. The van der Waals surface area contributed by atoms with E-state index in [-0.39, 0.29) is 36.7 Å². The molecule has 0 saturated carbocycles. The van der Waals surface area contributed by atoms with Crippen molar-refractivity contribution in [2.45, 2.75) is 26.3 Å². The molecule has 0 atom stereocenters. The minimum Gasteiger partial charge on any atom is -1.00 e. The fourth-order valence-electron chi connectivity index (χ4n) is 0.960. The first-order valence-electron chi connectivity index (χ1n) is 4.08. The molecule has 14 heavy (non-hydrogen) atoms. The van der Waals surface area contributed by atoms with Crippen LogP contribution < -0.4 is 34.9 Å². The first kappa shape index (κ1) is 17.0. The van der Waals surface area contributed by atoms with E-state index >= 15 is 0 Å². The quantitative estimate of drug-likeness (QED) is 0.324. The molecule has 80 valence electrons. The summed E-state index contributed by atoms with van der Waals surface area (Å²) in [5, 5.41) is 2.99. The summed E-state index contributed by atoms with van der Waals surface area (Å²) in [5.41, 5.74) is -0.604. The molecule has 0 radical (unpaired) electrons. The van der Waals surface area contributed by atoms with Crippen LogP contribution in [0.3, 0.4) is 0 Å².